The molecule has 1 aromatic heterocycles. The Kier molecular flexibility index (Phi) is 6.74. The summed E-state index contributed by atoms with van der Waals surface area (Å²) in [5.41, 5.74) is 1.60. The van der Waals surface area contributed by atoms with E-state index in [2.05, 4.69) is 32.3 Å². The zero-order valence-electron chi connectivity index (χ0n) is 14.1. The van der Waals surface area contributed by atoms with Gasteiger partial charge in [0.15, 0.2) is 5.96 Å². The van der Waals surface area contributed by atoms with Crippen LogP contribution in [0.3, 0.4) is 0 Å². The molecule has 0 aliphatic rings. The summed E-state index contributed by atoms with van der Waals surface area (Å²) in [7, 11) is 3.11. The van der Waals surface area contributed by atoms with Gasteiger partial charge in [-0.2, -0.15) is 0 Å². The number of esters is 1. The standard InChI is InChI=1S/C17H22N4O2S/c1-12-10-20-15(24-12)8-9-19-17(18-2)21-11-13-4-6-14(7-5-13)16(22)23-3/h4-7,10H,8-9,11H2,1-3H3,(H2,18,19,21). The van der Waals surface area contributed by atoms with Crippen molar-refractivity contribution in [2.45, 2.75) is 19.9 Å². The Hall–Kier alpha value is -2.41. The maximum atomic E-state index is 11.4. The number of aliphatic imine (C=N–C) groups is 1. The number of hydrogen-bond acceptors (Lipinski definition) is 5. The third-order valence-electron chi connectivity index (χ3n) is 3.36. The van der Waals surface area contributed by atoms with E-state index >= 15 is 0 Å². The average molecular weight is 346 g/mol. The molecule has 0 saturated carbocycles. The highest BCUT2D eigenvalue weighted by Crippen LogP contribution is 2.11. The highest BCUT2D eigenvalue weighted by atomic mass is 32.1. The van der Waals surface area contributed by atoms with E-state index in [-0.39, 0.29) is 5.97 Å². The number of aromatic nitrogens is 1. The van der Waals surface area contributed by atoms with Crippen molar-refractivity contribution in [3.8, 4) is 0 Å². The predicted molar refractivity (Wildman–Crippen MR) is 96.5 cm³/mol. The Morgan fingerprint density at radius 3 is 2.62 bits per heavy atom. The normalized spacial score (nSPS) is 11.2. The molecule has 24 heavy (non-hydrogen) atoms. The molecule has 6 nitrogen and oxygen atoms in total. The van der Waals surface area contributed by atoms with E-state index in [1.165, 1.54) is 12.0 Å². The number of carbonyl (C=O) groups excluding carboxylic acids is 1. The molecule has 128 valence electrons. The van der Waals surface area contributed by atoms with E-state index in [1.54, 1.807) is 30.5 Å². The molecule has 1 heterocycles. The second-order valence-electron chi connectivity index (χ2n) is 5.16. The summed E-state index contributed by atoms with van der Waals surface area (Å²) in [5, 5.41) is 7.63. The molecule has 0 aliphatic heterocycles. The number of nitrogens with one attached hydrogen (secondary N) is 2. The Balaban J connectivity index is 1.77. The fourth-order valence-corrected chi connectivity index (χ4v) is 2.87. The molecule has 0 fully saturated rings. The van der Waals surface area contributed by atoms with Crippen LogP contribution in [0.5, 0.6) is 0 Å². The first-order chi connectivity index (χ1) is 11.6. The zero-order chi connectivity index (χ0) is 17.4. The van der Waals surface area contributed by atoms with Crippen LogP contribution in [-0.4, -0.2) is 37.6 Å². The van der Waals surface area contributed by atoms with Crippen LogP contribution in [0, 0.1) is 6.92 Å². The number of aryl methyl sites for hydroxylation is 1. The molecule has 7 heteroatoms. The SMILES string of the molecule is CN=C(NCCc1ncc(C)s1)NCc1ccc(C(=O)OC)cc1. The molecular formula is C17H22N4O2S. The van der Waals surface area contributed by atoms with Gasteiger partial charge in [-0.05, 0) is 24.6 Å². The monoisotopic (exact) mass is 346 g/mol. The van der Waals surface area contributed by atoms with Crippen molar-refractivity contribution in [2.75, 3.05) is 20.7 Å². The van der Waals surface area contributed by atoms with Gasteiger partial charge in [-0.15, -0.1) is 11.3 Å². The Bertz CT molecular complexity index is 695. The summed E-state index contributed by atoms with van der Waals surface area (Å²) < 4.78 is 4.69. The third kappa shape index (κ3) is 5.34. The molecule has 0 saturated heterocycles. The molecule has 0 spiro atoms. The van der Waals surface area contributed by atoms with Crippen molar-refractivity contribution >= 4 is 23.3 Å². The van der Waals surface area contributed by atoms with Crippen molar-refractivity contribution in [1.29, 1.82) is 0 Å². The van der Waals surface area contributed by atoms with Gasteiger partial charge >= 0.3 is 5.97 Å². The van der Waals surface area contributed by atoms with Gasteiger partial charge in [-0.3, -0.25) is 4.99 Å². The van der Waals surface area contributed by atoms with E-state index in [4.69, 9.17) is 0 Å². The molecule has 0 unspecified atom stereocenters. The molecule has 2 rings (SSSR count). The molecule has 1 aromatic carbocycles. The van der Waals surface area contributed by atoms with E-state index < -0.39 is 0 Å². The molecule has 0 atom stereocenters. The largest absolute Gasteiger partial charge is 0.465 e. The summed E-state index contributed by atoms with van der Waals surface area (Å²) in [5.74, 6) is 0.407. The van der Waals surface area contributed by atoms with Crippen molar-refractivity contribution in [3.05, 3.63) is 51.5 Å². The van der Waals surface area contributed by atoms with Gasteiger partial charge in [-0.25, -0.2) is 9.78 Å². The van der Waals surface area contributed by atoms with Crippen LogP contribution in [0.2, 0.25) is 0 Å². The van der Waals surface area contributed by atoms with Crippen LogP contribution >= 0.6 is 11.3 Å². The second-order valence-corrected chi connectivity index (χ2v) is 6.48. The van der Waals surface area contributed by atoms with Crippen molar-refractivity contribution in [3.63, 3.8) is 0 Å². The maximum absolute atomic E-state index is 11.4. The Morgan fingerprint density at radius 1 is 1.29 bits per heavy atom. The Labute approximate surface area is 146 Å². The Morgan fingerprint density at radius 2 is 2.04 bits per heavy atom. The molecule has 2 aromatic rings. The lowest BCUT2D eigenvalue weighted by molar-refractivity contribution is 0.0600. The van der Waals surface area contributed by atoms with Crippen LogP contribution in [0.4, 0.5) is 0 Å². The topological polar surface area (TPSA) is 75.6 Å². The number of rotatable bonds is 6. The van der Waals surface area contributed by atoms with Gasteiger partial charge in [0.25, 0.3) is 0 Å². The average Bonchev–Trinajstić information content (AvgIpc) is 3.03. The van der Waals surface area contributed by atoms with Gasteiger partial charge in [0.2, 0.25) is 0 Å². The number of nitrogens with zero attached hydrogens (tertiary/aromatic N) is 2. The summed E-state index contributed by atoms with van der Waals surface area (Å²) in [6.45, 7) is 3.45. The summed E-state index contributed by atoms with van der Waals surface area (Å²) in [4.78, 5) is 21.2. The first-order valence-electron chi connectivity index (χ1n) is 7.65. The molecule has 2 N–H and O–H groups in total. The molecule has 0 aliphatic carbocycles. The number of guanidine groups is 1. The minimum Gasteiger partial charge on any atom is -0.465 e. The lowest BCUT2D eigenvalue weighted by atomic mass is 10.1. The van der Waals surface area contributed by atoms with Gasteiger partial charge in [0.05, 0.1) is 17.7 Å². The van der Waals surface area contributed by atoms with Gasteiger partial charge in [0.1, 0.15) is 0 Å². The van der Waals surface area contributed by atoms with Gasteiger partial charge in [-0.1, -0.05) is 12.1 Å². The van der Waals surface area contributed by atoms with Crippen molar-refractivity contribution in [1.82, 2.24) is 15.6 Å². The first kappa shape index (κ1) is 17.9. The fourth-order valence-electron chi connectivity index (χ4n) is 2.09. The number of carbonyl (C=O) groups is 1. The van der Waals surface area contributed by atoms with Gasteiger partial charge < -0.3 is 15.4 Å². The van der Waals surface area contributed by atoms with Crippen LogP contribution < -0.4 is 10.6 Å². The van der Waals surface area contributed by atoms with E-state index in [0.717, 1.165) is 29.5 Å². The molecular weight excluding hydrogens is 324 g/mol. The third-order valence-corrected chi connectivity index (χ3v) is 4.33. The highest BCUT2D eigenvalue weighted by Gasteiger charge is 2.05. The summed E-state index contributed by atoms with van der Waals surface area (Å²) >= 11 is 1.71. The number of hydrogen-bond donors (Lipinski definition) is 2. The second kappa shape index (κ2) is 9.02. The lowest BCUT2D eigenvalue weighted by Crippen LogP contribution is -2.37. The lowest BCUT2D eigenvalue weighted by Gasteiger charge is -2.11. The van der Waals surface area contributed by atoms with E-state index in [0.29, 0.717) is 12.1 Å². The molecule has 0 bridgehead atoms. The zero-order valence-corrected chi connectivity index (χ0v) is 14.9. The minimum absolute atomic E-state index is 0.329. The minimum atomic E-state index is -0.329. The number of thiazole rings is 1. The van der Waals surface area contributed by atoms with Crippen molar-refractivity contribution in [2.24, 2.45) is 4.99 Å². The van der Waals surface area contributed by atoms with Crippen LogP contribution in [-0.2, 0) is 17.7 Å². The number of methoxy groups -OCH3 is 1. The first-order valence-corrected chi connectivity index (χ1v) is 8.47. The highest BCUT2D eigenvalue weighted by molar-refractivity contribution is 7.11. The molecule has 0 radical (unpaired) electrons. The molecule has 0 amide bonds. The van der Waals surface area contributed by atoms with Crippen molar-refractivity contribution < 1.29 is 9.53 Å². The quantitative estimate of drug-likeness (QED) is 0.476. The smallest absolute Gasteiger partial charge is 0.337 e. The van der Waals surface area contributed by atoms with E-state index in [1.807, 2.05) is 18.3 Å². The summed E-state index contributed by atoms with van der Waals surface area (Å²) in [6.07, 6.45) is 2.76. The maximum Gasteiger partial charge on any atom is 0.337 e. The summed E-state index contributed by atoms with van der Waals surface area (Å²) in [6, 6.07) is 7.30. The van der Waals surface area contributed by atoms with Crippen LogP contribution in [0.1, 0.15) is 25.8 Å². The fraction of sp³-hybridized carbons (Fsp3) is 0.353. The number of ether oxygens (including phenoxy) is 1. The number of benzene rings is 1. The predicted octanol–water partition coefficient (Wildman–Crippen LogP) is 2.15. The van der Waals surface area contributed by atoms with Crippen LogP contribution in [0.25, 0.3) is 0 Å². The van der Waals surface area contributed by atoms with Crippen LogP contribution in [0.15, 0.2) is 35.5 Å². The van der Waals surface area contributed by atoms with Gasteiger partial charge in [0, 0.05) is 37.6 Å². The van der Waals surface area contributed by atoms with E-state index in [9.17, 15) is 4.79 Å².